The summed E-state index contributed by atoms with van der Waals surface area (Å²) in [6, 6.07) is 0.461. The fraction of sp³-hybridized carbons (Fsp3) is 0.556. The van der Waals surface area contributed by atoms with E-state index in [0.29, 0.717) is 24.4 Å². The summed E-state index contributed by atoms with van der Waals surface area (Å²) in [7, 11) is 5.08. The number of likely N-dealkylation sites (N-methyl/N-ethyl adjacent to an activating group) is 1. The molecule has 1 aromatic heterocycles. The number of amides is 1. The second-order valence-corrected chi connectivity index (χ2v) is 3.23. The number of anilines is 1. The van der Waals surface area contributed by atoms with Crippen molar-refractivity contribution >= 4 is 17.9 Å². The van der Waals surface area contributed by atoms with E-state index in [4.69, 9.17) is 4.42 Å². The number of hydrogen-bond donors (Lipinski definition) is 2. The van der Waals surface area contributed by atoms with E-state index in [1.54, 1.807) is 28.1 Å². The van der Waals surface area contributed by atoms with Crippen molar-refractivity contribution in [2.45, 2.75) is 6.92 Å². The van der Waals surface area contributed by atoms with E-state index in [2.05, 4.69) is 25.8 Å². The van der Waals surface area contributed by atoms with Crippen LogP contribution in [0.2, 0.25) is 0 Å². The third-order valence-electron chi connectivity index (χ3n) is 2.04. The minimum Gasteiger partial charge on any atom is -0.408 e. The Morgan fingerprint density at radius 3 is 2.47 bits per heavy atom. The Morgan fingerprint density at radius 2 is 2.24 bits per heavy atom. The van der Waals surface area contributed by atoms with Crippen molar-refractivity contribution < 1.29 is 9.21 Å². The first-order chi connectivity index (χ1) is 8.08. The highest BCUT2D eigenvalue weighted by Gasteiger charge is 2.21. The average molecular weight is 240 g/mol. The number of rotatable bonds is 1. The highest BCUT2D eigenvalue weighted by molar-refractivity contribution is 6.03. The lowest BCUT2D eigenvalue weighted by Crippen LogP contribution is -2.27. The van der Waals surface area contributed by atoms with Gasteiger partial charge in [0.15, 0.2) is 0 Å². The maximum Gasteiger partial charge on any atom is 0.315 e. The van der Waals surface area contributed by atoms with Crippen LogP contribution in [-0.2, 0) is 4.79 Å². The van der Waals surface area contributed by atoms with Crippen molar-refractivity contribution in [1.29, 1.82) is 0 Å². The molecular formula is C9H16N6O2. The van der Waals surface area contributed by atoms with Gasteiger partial charge in [0.05, 0.1) is 6.54 Å². The molecule has 17 heavy (non-hydrogen) atoms. The predicted octanol–water partition coefficient (Wildman–Crippen LogP) is -0.546. The summed E-state index contributed by atoms with van der Waals surface area (Å²) in [4.78, 5) is 16.1. The van der Waals surface area contributed by atoms with Gasteiger partial charge in [0.1, 0.15) is 0 Å². The number of hydrogen-bond acceptors (Lipinski definition) is 6. The summed E-state index contributed by atoms with van der Waals surface area (Å²) in [6.45, 7) is 2.12. The van der Waals surface area contributed by atoms with Gasteiger partial charge in [-0.15, -0.1) is 5.10 Å². The van der Waals surface area contributed by atoms with E-state index < -0.39 is 0 Å². The lowest BCUT2D eigenvalue weighted by atomic mass is 10.6. The molecule has 0 radical (unpaired) electrons. The zero-order valence-corrected chi connectivity index (χ0v) is 10.3. The number of guanidine groups is 1. The molecule has 1 fully saturated rings. The predicted molar refractivity (Wildman–Crippen MR) is 62.7 cm³/mol. The zero-order valence-electron chi connectivity index (χ0n) is 10.3. The van der Waals surface area contributed by atoms with Crippen LogP contribution in [0.25, 0.3) is 0 Å². The van der Waals surface area contributed by atoms with E-state index in [1.807, 2.05) is 0 Å². The van der Waals surface area contributed by atoms with Crippen molar-refractivity contribution in [3.8, 4) is 0 Å². The molecule has 0 bridgehead atoms. The van der Waals surface area contributed by atoms with Crippen LogP contribution >= 0.6 is 0 Å². The van der Waals surface area contributed by atoms with E-state index in [9.17, 15) is 4.79 Å². The Morgan fingerprint density at radius 1 is 1.53 bits per heavy atom. The second kappa shape index (κ2) is 5.83. The molecule has 94 valence electrons. The summed E-state index contributed by atoms with van der Waals surface area (Å²) >= 11 is 0. The van der Waals surface area contributed by atoms with Crippen LogP contribution in [0.1, 0.15) is 5.89 Å². The Kier molecular flexibility index (Phi) is 4.44. The molecule has 8 heteroatoms. The van der Waals surface area contributed by atoms with Crippen molar-refractivity contribution in [2.24, 2.45) is 4.99 Å². The largest absolute Gasteiger partial charge is 0.408 e. The number of carbonyl (C=O) groups excluding carboxylic acids is 1. The summed E-state index contributed by atoms with van der Waals surface area (Å²) in [5.74, 6) is 1.30. The minimum atomic E-state index is 0.0654. The van der Waals surface area contributed by atoms with Crippen LogP contribution < -0.4 is 10.6 Å². The van der Waals surface area contributed by atoms with Crippen LogP contribution in [0.5, 0.6) is 0 Å². The molecule has 2 rings (SSSR count). The Hall–Kier alpha value is -2.12. The fourth-order valence-corrected chi connectivity index (χ4v) is 1.14. The van der Waals surface area contributed by atoms with Gasteiger partial charge in [-0.25, -0.2) is 0 Å². The van der Waals surface area contributed by atoms with Crippen LogP contribution in [0.15, 0.2) is 9.41 Å². The summed E-state index contributed by atoms with van der Waals surface area (Å²) in [5.41, 5.74) is 0. The molecule has 1 aromatic rings. The molecule has 2 N–H and O–H groups in total. The molecule has 0 spiro atoms. The molecule has 8 nitrogen and oxygen atoms in total. The lowest BCUT2D eigenvalue weighted by Gasteiger charge is -2.05. The summed E-state index contributed by atoms with van der Waals surface area (Å²) in [6.07, 6.45) is 0. The molecule has 0 saturated carbocycles. The van der Waals surface area contributed by atoms with Gasteiger partial charge in [-0.2, -0.15) is 0 Å². The number of aryl methyl sites for hydroxylation is 1. The van der Waals surface area contributed by atoms with Crippen molar-refractivity contribution in [2.75, 3.05) is 33.0 Å². The molecule has 0 unspecified atom stereocenters. The third kappa shape index (κ3) is 3.44. The third-order valence-corrected chi connectivity index (χ3v) is 2.04. The molecule has 1 saturated heterocycles. The maximum absolute atomic E-state index is 10.7. The topological polar surface area (TPSA) is 95.7 Å². The normalized spacial score (nSPS) is 16.6. The van der Waals surface area contributed by atoms with Gasteiger partial charge in [-0.1, -0.05) is 5.10 Å². The summed E-state index contributed by atoms with van der Waals surface area (Å²) in [5, 5.41) is 12.8. The van der Waals surface area contributed by atoms with E-state index in [-0.39, 0.29) is 5.91 Å². The number of carbonyl (C=O) groups is 1. The van der Waals surface area contributed by atoms with Crippen LogP contribution in [-0.4, -0.2) is 54.7 Å². The van der Waals surface area contributed by atoms with Gasteiger partial charge in [0, 0.05) is 28.1 Å². The van der Waals surface area contributed by atoms with Gasteiger partial charge >= 0.3 is 6.01 Å². The first-order valence-electron chi connectivity index (χ1n) is 5.03. The first-order valence-corrected chi connectivity index (χ1v) is 5.03. The Bertz CT molecular complexity index is 413. The van der Waals surface area contributed by atoms with Crippen LogP contribution in [0.4, 0.5) is 6.01 Å². The van der Waals surface area contributed by atoms with E-state index >= 15 is 0 Å². The smallest absolute Gasteiger partial charge is 0.315 e. The fourth-order valence-electron chi connectivity index (χ4n) is 1.14. The number of aromatic nitrogens is 2. The van der Waals surface area contributed by atoms with E-state index in [0.717, 1.165) is 0 Å². The quantitative estimate of drug-likeness (QED) is 0.684. The van der Waals surface area contributed by atoms with Gasteiger partial charge in [-0.3, -0.25) is 14.7 Å². The number of nitrogens with one attached hydrogen (secondary N) is 2. The molecule has 0 aromatic carbocycles. The molecule has 1 amide bonds. The van der Waals surface area contributed by atoms with Gasteiger partial charge in [0.2, 0.25) is 17.8 Å². The SMILES string of the molecule is CN=C1NCC(=O)N1C.CNc1nnc(C)o1. The highest BCUT2D eigenvalue weighted by Crippen LogP contribution is 2.00. The van der Waals surface area contributed by atoms with Crippen LogP contribution in [0.3, 0.4) is 0 Å². The molecule has 2 heterocycles. The molecule has 1 aliphatic rings. The molecule has 0 atom stereocenters. The van der Waals surface area contributed by atoms with E-state index in [1.165, 1.54) is 4.90 Å². The number of aliphatic imine (C=N–C) groups is 1. The molecular weight excluding hydrogens is 224 g/mol. The first kappa shape index (κ1) is 12.9. The minimum absolute atomic E-state index is 0.0654. The van der Waals surface area contributed by atoms with Gasteiger partial charge in [-0.05, 0) is 0 Å². The molecule has 0 aliphatic carbocycles. The monoisotopic (exact) mass is 240 g/mol. The highest BCUT2D eigenvalue weighted by atomic mass is 16.4. The van der Waals surface area contributed by atoms with Gasteiger partial charge < -0.3 is 15.1 Å². The second-order valence-electron chi connectivity index (χ2n) is 3.23. The lowest BCUT2D eigenvalue weighted by molar-refractivity contribution is -0.123. The Labute approximate surface area is 99.1 Å². The average Bonchev–Trinajstić information content (AvgIpc) is 2.88. The standard InChI is InChI=1S/C5H9N3O.C4H7N3O/c1-6-5-7-3-4(9)8(5)2;1-3-6-7-4(5-2)8-3/h3H2,1-2H3,(H,6,7);1-2H3,(H,5,7). The summed E-state index contributed by atoms with van der Waals surface area (Å²) < 4.78 is 4.90. The van der Waals surface area contributed by atoms with Gasteiger partial charge in [0.25, 0.3) is 0 Å². The maximum atomic E-state index is 10.7. The van der Waals surface area contributed by atoms with Crippen molar-refractivity contribution in [3.05, 3.63) is 5.89 Å². The molecule has 1 aliphatic heterocycles. The van der Waals surface area contributed by atoms with Crippen molar-refractivity contribution in [1.82, 2.24) is 20.4 Å². The zero-order chi connectivity index (χ0) is 12.8. The van der Waals surface area contributed by atoms with Crippen molar-refractivity contribution in [3.63, 3.8) is 0 Å². The Balaban J connectivity index is 0.000000171. The number of nitrogens with zero attached hydrogens (tertiary/aromatic N) is 4. The van der Waals surface area contributed by atoms with Crippen LogP contribution in [0, 0.1) is 6.92 Å².